The number of aromatic nitrogens is 2. The van der Waals surface area contributed by atoms with Gasteiger partial charge in [0, 0.05) is 69.5 Å². The van der Waals surface area contributed by atoms with Crippen LogP contribution in [0.5, 0.6) is 0 Å². The highest BCUT2D eigenvalue weighted by atomic mass is 15.3. The monoisotopic (exact) mass is 502 g/mol. The summed E-state index contributed by atoms with van der Waals surface area (Å²) in [7, 11) is 6.35. The van der Waals surface area contributed by atoms with Gasteiger partial charge in [0.25, 0.3) is 0 Å². The highest BCUT2D eigenvalue weighted by Crippen LogP contribution is 2.32. The molecule has 0 N–H and O–H groups in total. The van der Waals surface area contributed by atoms with E-state index in [1.807, 2.05) is 0 Å². The Labute approximate surface area is 224 Å². The van der Waals surface area contributed by atoms with E-state index in [9.17, 15) is 0 Å². The molecule has 1 saturated carbocycles. The van der Waals surface area contributed by atoms with Gasteiger partial charge in [0.15, 0.2) is 5.82 Å². The molecular formula is C31H46N6. The molecule has 0 spiro atoms. The first-order valence-corrected chi connectivity index (χ1v) is 14.1. The number of hydrogen-bond acceptors (Lipinski definition) is 6. The number of fused-ring (bicyclic) bond motifs is 1. The lowest BCUT2D eigenvalue weighted by atomic mass is 9.92. The van der Waals surface area contributed by atoms with Crippen molar-refractivity contribution in [1.29, 1.82) is 0 Å². The predicted octanol–water partition coefficient (Wildman–Crippen LogP) is 6.25. The second-order valence-electron chi connectivity index (χ2n) is 11.4. The van der Waals surface area contributed by atoms with Crippen molar-refractivity contribution in [3.8, 4) is 0 Å². The van der Waals surface area contributed by atoms with Gasteiger partial charge in [-0.2, -0.15) is 0 Å². The third-order valence-corrected chi connectivity index (χ3v) is 8.09. The summed E-state index contributed by atoms with van der Waals surface area (Å²) in [6.45, 7) is 12.3. The first kappa shape index (κ1) is 27.3. The third-order valence-electron chi connectivity index (χ3n) is 8.09. The average molecular weight is 503 g/mol. The summed E-state index contributed by atoms with van der Waals surface area (Å²) in [4.78, 5) is 12.1. The van der Waals surface area contributed by atoms with Crippen LogP contribution in [-0.2, 0) is 0 Å². The van der Waals surface area contributed by atoms with Gasteiger partial charge in [0.2, 0.25) is 0 Å². The molecule has 0 radical (unpaired) electrons. The normalized spacial score (nSPS) is 18.4. The van der Waals surface area contributed by atoms with Crippen LogP contribution in [0.15, 0.2) is 47.1 Å². The summed E-state index contributed by atoms with van der Waals surface area (Å²) in [6.07, 6.45) is 10.0. The Morgan fingerprint density at radius 2 is 1.73 bits per heavy atom. The lowest BCUT2D eigenvalue weighted by Crippen LogP contribution is -2.46. The van der Waals surface area contributed by atoms with E-state index in [1.165, 1.54) is 34.9 Å². The van der Waals surface area contributed by atoms with E-state index >= 15 is 0 Å². The van der Waals surface area contributed by atoms with Crippen LogP contribution in [0.4, 0.5) is 5.82 Å². The lowest BCUT2D eigenvalue weighted by molar-refractivity contribution is 0.233. The molecular weight excluding hydrogens is 456 g/mol. The van der Waals surface area contributed by atoms with E-state index in [4.69, 9.17) is 15.2 Å². The Kier molecular flexibility index (Phi) is 9.01. The van der Waals surface area contributed by atoms with E-state index in [0.717, 1.165) is 56.1 Å². The van der Waals surface area contributed by atoms with Crippen LogP contribution < -0.4 is 4.90 Å². The first-order chi connectivity index (χ1) is 17.8. The minimum atomic E-state index is 0.454. The van der Waals surface area contributed by atoms with Crippen molar-refractivity contribution in [1.82, 2.24) is 20.0 Å². The molecule has 37 heavy (non-hydrogen) atoms. The van der Waals surface area contributed by atoms with Crippen molar-refractivity contribution in [2.45, 2.75) is 65.8 Å². The number of aliphatic imine (C=N–C) groups is 1. The van der Waals surface area contributed by atoms with Gasteiger partial charge in [0.1, 0.15) is 5.69 Å². The zero-order valence-electron chi connectivity index (χ0n) is 24.0. The zero-order chi connectivity index (χ0) is 26.5. The van der Waals surface area contributed by atoms with Crippen LogP contribution in [0.25, 0.3) is 16.5 Å². The van der Waals surface area contributed by atoms with Gasteiger partial charge >= 0.3 is 0 Å². The average Bonchev–Trinajstić information content (AvgIpc) is 3.73. The second-order valence-corrected chi connectivity index (χ2v) is 11.4. The fourth-order valence-corrected chi connectivity index (χ4v) is 5.15. The van der Waals surface area contributed by atoms with Crippen LogP contribution in [0, 0.1) is 11.8 Å². The summed E-state index contributed by atoms with van der Waals surface area (Å²) >= 11 is 0. The number of anilines is 1. The maximum Gasteiger partial charge on any atom is 0.159 e. The van der Waals surface area contributed by atoms with Gasteiger partial charge in [-0.1, -0.05) is 63.6 Å². The van der Waals surface area contributed by atoms with Crippen molar-refractivity contribution >= 4 is 28.0 Å². The van der Waals surface area contributed by atoms with Crippen molar-refractivity contribution in [2.75, 3.05) is 45.7 Å². The molecule has 1 aromatic carbocycles. The quantitative estimate of drug-likeness (QED) is 0.359. The van der Waals surface area contributed by atoms with Gasteiger partial charge in [-0.05, 0) is 43.9 Å². The van der Waals surface area contributed by atoms with Crippen molar-refractivity contribution < 1.29 is 0 Å². The Balaban J connectivity index is 1.49. The van der Waals surface area contributed by atoms with E-state index < -0.39 is 0 Å². The van der Waals surface area contributed by atoms with Gasteiger partial charge in [0.05, 0.1) is 5.70 Å². The minimum Gasteiger partial charge on any atom is -0.376 e. The molecule has 0 amide bonds. The highest BCUT2D eigenvalue weighted by molar-refractivity contribution is 5.98. The molecule has 6 heteroatoms. The maximum absolute atomic E-state index is 4.96. The Morgan fingerprint density at radius 3 is 2.32 bits per heavy atom. The van der Waals surface area contributed by atoms with Crippen LogP contribution >= 0.6 is 0 Å². The fraction of sp³-hybridized carbons (Fsp3) is 0.581. The van der Waals surface area contributed by atoms with E-state index in [1.54, 1.807) is 0 Å². The van der Waals surface area contributed by atoms with Crippen LogP contribution in [0.3, 0.4) is 0 Å². The van der Waals surface area contributed by atoms with E-state index in [0.29, 0.717) is 17.9 Å². The smallest absolute Gasteiger partial charge is 0.159 e. The van der Waals surface area contributed by atoms with Gasteiger partial charge in [-0.3, -0.25) is 9.89 Å². The zero-order valence-corrected chi connectivity index (χ0v) is 24.0. The summed E-state index contributed by atoms with van der Waals surface area (Å²) in [5.74, 6) is 2.10. The van der Waals surface area contributed by atoms with Crippen LogP contribution in [0.1, 0.15) is 65.5 Å². The maximum atomic E-state index is 4.96. The summed E-state index contributed by atoms with van der Waals surface area (Å²) in [5.41, 5.74) is 4.92. The molecule has 2 fully saturated rings. The summed E-state index contributed by atoms with van der Waals surface area (Å²) in [5, 5.41) is 11.9. The summed E-state index contributed by atoms with van der Waals surface area (Å²) in [6, 6.07) is 9.04. The molecule has 1 atom stereocenters. The molecule has 2 heterocycles. The SMILES string of the molecule is CCC=C(c1nnc(N(C)C2CCN(CC(=NC=C3CC3)C(C)C(C)C)CC2)c2ccccc12)N(C)C. The van der Waals surface area contributed by atoms with E-state index in [-0.39, 0.29) is 0 Å². The van der Waals surface area contributed by atoms with Crippen molar-refractivity contribution in [2.24, 2.45) is 16.8 Å². The number of nitrogens with zero attached hydrogens (tertiary/aromatic N) is 6. The number of allylic oxidation sites excluding steroid dienone is 2. The molecule has 2 aliphatic rings. The molecule has 4 rings (SSSR count). The minimum absolute atomic E-state index is 0.454. The molecule has 1 saturated heterocycles. The highest BCUT2D eigenvalue weighted by Gasteiger charge is 2.27. The first-order valence-electron chi connectivity index (χ1n) is 14.1. The molecule has 1 aromatic heterocycles. The van der Waals surface area contributed by atoms with E-state index in [2.05, 4.69) is 100 Å². The van der Waals surface area contributed by atoms with Crippen molar-refractivity contribution in [3.63, 3.8) is 0 Å². The van der Waals surface area contributed by atoms with Gasteiger partial charge in [-0.15, -0.1) is 10.2 Å². The van der Waals surface area contributed by atoms with Gasteiger partial charge < -0.3 is 9.80 Å². The molecule has 1 aliphatic heterocycles. The number of hydrogen-bond donors (Lipinski definition) is 0. The largest absolute Gasteiger partial charge is 0.376 e. The lowest BCUT2D eigenvalue weighted by Gasteiger charge is -2.38. The Hall–Kier alpha value is -2.73. The third kappa shape index (κ3) is 6.59. The Bertz CT molecular complexity index is 1150. The Morgan fingerprint density at radius 1 is 1.05 bits per heavy atom. The summed E-state index contributed by atoms with van der Waals surface area (Å²) < 4.78 is 0. The second kappa shape index (κ2) is 12.2. The fourth-order valence-electron chi connectivity index (χ4n) is 5.15. The molecule has 0 bridgehead atoms. The number of likely N-dealkylation sites (tertiary alicyclic amines) is 1. The molecule has 1 aliphatic carbocycles. The van der Waals surface area contributed by atoms with Gasteiger partial charge in [-0.25, -0.2) is 0 Å². The molecule has 200 valence electrons. The van der Waals surface area contributed by atoms with Crippen LogP contribution in [0.2, 0.25) is 0 Å². The number of benzene rings is 1. The molecule has 2 aromatic rings. The van der Waals surface area contributed by atoms with Crippen molar-refractivity contribution in [3.05, 3.63) is 47.8 Å². The number of piperidine rings is 1. The van der Waals surface area contributed by atoms with Crippen LogP contribution in [-0.4, -0.2) is 72.5 Å². The molecule has 1 unspecified atom stereocenters. The number of rotatable bonds is 10. The molecule has 6 nitrogen and oxygen atoms in total. The topological polar surface area (TPSA) is 47.9 Å². The predicted molar refractivity (Wildman–Crippen MR) is 158 cm³/mol. The standard InChI is InChI=1S/C31H46N6/c1-8-11-29(35(5)6)30-26-12-9-10-13-27(26)31(34-33-30)36(7)25-16-18-37(19-17-25)21-28(23(4)22(2)3)32-20-24-14-15-24/h9-13,20,22-23,25H,8,14-19,21H2,1-7H3.